The highest BCUT2D eigenvalue weighted by Gasteiger charge is 2.50. The second-order valence-electron chi connectivity index (χ2n) is 7.36. The summed E-state index contributed by atoms with van der Waals surface area (Å²) in [4.78, 5) is 0.502. The van der Waals surface area contributed by atoms with Gasteiger partial charge in [0.25, 0.3) is 0 Å². The molecular formula is C19H26O2S. The quantitative estimate of drug-likeness (QED) is 0.732. The largest absolute Gasteiger partial charge is 0.223 e. The highest BCUT2D eigenvalue weighted by molar-refractivity contribution is 7.92. The van der Waals surface area contributed by atoms with Gasteiger partial charge in [0.15, 0.2) is 9.84 Å². The third kappa shape index (κ3) is 2.54. The van der Waals surface area contributed by atoms with Gasteiger partial charge in [-0.1, -0.05) is 41.7 Å². The molecule has 22 heavy (non-hydrogen) atoms. The minimum absolute atomic E-state index is 0.0205. The second-order valence-corrected chi connectivity index (χ2v) is 9.49. The molecule has 0 radical (unpaired) electrons. The van der Waals surface area contributed by atoms with Crippen molar-refractivity contribution in [2.24, 2.45) is 5.41 Å². The minimum atomic E-state index is -3.26. The van der Waals surface area contributed by atoms with Crippen molar-refractivity contribution in [3.05, 3.63) is 41.0 Å². The van der Waals surface area contributed by atoms with Gasteiger partial charge in [0.05, 0.1) is 10.1 Å². The van der Waals surface area contributed by atoms with Gasteiger partial charge in [-0.2, -0.15) is 0 Å². The lowest BCUT2D eigenvalue weighted by molar-refractivity contribution is 0.256. The Morgan fingerprint density at radius 1 is 0.955 bits per heavy atom. The van der Waals surface area contributed by atoms with Gasteiger partial charge >= 0.3 is 0 Å². The molecule has 1 fully saturated rings. The lowest BCUT2D eigenvalue weighted by atomic mass is 9.70. The molecule has 1 unspecified atom stereocenters. The molecule has 1 spiro atoms. The van der Waals surface area contributed by atoms with Crippen LogP contribution in [0.5, 0.6) is 0 Å². The standard InChI is InChI=1S/C19H26O2S/c1-14-6-8-17(9-7-14)22(20,21)18-12-15(2)16(3)13-19(18)10-4-5-11-19/h6-9,18H,4-5,10-13H2,1-3H3. The first-order valence-electron chi connectivity index (χ1n) is 8.31. The number of hydrogen-bond donors (Lipinski definition) is 0. The van der Waals surface area contributed by atoms with Crippen molar-refractivity contribution >= 4 is 9.84 Å². The van der Waals surface area contributed by atoms with Crippen LogP contribution in [-0.2, 0) is 9.84 Å². The van der Waals surface area contributed by atoms with Crippen LogP contribution in [-0.4, -0.2) is 13.7 Å². The zero-order chi connectivity index (χ0) is 16.0. The lowest BCUT2D eigenvalue weighted by Crippen LogP contribution is -2.42. The summed E-state index contributed by atoms with van der Waals surface area (Å²) in [5.41, 5.74) is 3.77. The first kappa shape index (κ1) is 15.8. The summed E-state index contributed by atoms with van der Waals surface area (Å²) in [5, 5.41) is -0.242. The lowest BCUT2D eigenvalue weighted by Gasteiger charge is -2.42. The Kier molecular flexibility index (Phi) is 3.96. The van der Waals surface area contributed by atoms with Crippen LogP contribution in [0.1, 0.15) is 57.9 Å². The molecule has 2 aliphatic rings. The van der Waals surface area contributed by atoms with Gasteiger partial charge in [-0.3, -0.25) is 0 Å². The number of benzene rings is 1. The van der Waals surface area contributed by atoms with E-state index < -0.39 is 9.84 Å². The van der Waals surface area contributed by atoms with E-state index in [0.717, 1.165) is 24.8 Å². The topological polar surface area (TPSA) is 34.1 Å². The maximum atomic E-state index is 13.3. The Labute approximate surface area is 134 Å². The van der Waals surface area contributed by atoms with E-state index in [1.807, 2.05) is 19.1 Å². The molecule has 1 atom stereocenters. The number of rotatable bonds is 2. The van der Waals surface area contributed by atoms with Crippen LogP contribution in [0.2, 0.25) is 0 Å². The van der Waals surface area contributed by atoms with Gasteiger partial charge < -0.3 is 0 Å². The van der Waals surface area contributed by atoms with E-state index in [1.165, 1.54) is 24.0 Å². The monoisotopic (exact) mass is 318 g/mol. The van der Waals surface area contributed by atoms with Gasteiger partial charge in [-0.05, 0) is 64.0 Å². The van der Waals surface area contributed by atoms with Gasteiger partial charge in [0.2, 0.25) is 0 Å². The molecule has 3 rings (SSSR count). The highest BCUT2D eigenvalue weighted by Crippen LogP contribution is 2.53. The van der Waals surface area contributed by atoms with Crippen molar-refractivity contribution in [3.8, 4) is 0 Å². The Hall–Kier alpha value is -1.09. The minimum Gasteiger partial charge on any atom is -0.223 e. The number of allylic oxidation sites excluding steroid dienone is 2. The summed E-state index contributed by atoms with van der Waals surface area (Å²) in [5.74, 6) is 0. The smallest absolute Gasteiger partial charge is 0.182 e. The van der Waals surface area contributed by atoms with Crippen molar-refractivity contribution in [2.45, 2.75) is 69.4 Å². The Morgan fingerprint density at radius 3 is 2.14 bits per heavy atom. The molecule has 0 amide bonds. The van der Waals surface area contributed by atoms with Crippen molar-refractivity contribution < 1.29 is 8.42 Å². The first-order chi connectivity index (χ1) is 10.3. The van der Waals surface area contributed by atoms with Crippen molar-refractivity contribution in [3.63, 3.8) is 0 Å². The van der Waals surface area contributed by atoms with Crippen LogP contribution < -0.4 is 0 Å². The maximum Gasteiger partial charge on any atom is 0.182 e. The predicted molar refractivity (Wildman–Crippen MR) is 90.7 cm³/mol. The summed E-state index contributed by atoms with van der Waals surface area (Å²) in [6.45, 7) is 6.28. The van der Waals surface area contributed by atoms with E-state index in [1.54, 1.807) is 12.1 Å². The van der Waals surface area contributed by atoms with Gasteiger partial charge in [0.1, 0.15) is 0 Å². The van der Waals surface area contributed by atoms with E-state index in [4.69, 9.17) is 0 Å². The molecule has 3 heteroatoms. The molecule has 0 aliphatic heterocycles. The van der Waals surface area contributed by atoms with Crippen molar-refractivity contribution in [1.82, 2.24) is 0 Å². The van der Waals surface area contributed by atoms with E-state index in [-0.39, 0.29) is 10.7 Å². The first-order valence-corrected chi connectivity index (χ1v) is 9.86. The summed E-state index contributed by atoms with van der Waals surface area (Å²) >= 11 is 0. The Morgan fingerprint density at radius 2 is 1.55 bits per heavy atom. The van der Waals surface area contributed by atoms with Gasteiger partial charge in [-0.15, -0.1) is 0 Å². The SMILES string of the molecule is CC1=C(C)CC2(CCCC2)C(S(=O)(=O)c2ccc(C)cc2)C1. The third-order valence-electron chi connectivity index (χ3n) is 5.84. The Balaban J connectivity index is 2.05. The molecule has 1 aromatic rings. The third-order valence-corrected chi connectivity index (χ3v) is 8.19. The van der Waals surface area contributed by atoms with E-state index >= 15 is 0 Å². The molecule has 0 saturated heterocycles. The number of aryl methyl sites for hydroxylation is 1. The summed E-state index contributed by atoms with van der Waals surface area (Å²) in [6, 6.07) is 7.39. The van der Waals surface area contributed by atoms with Crippen molar-refractivity contribution in [1.29, 1.82) is 0 Å². The fourth-order valence-corrected chi connectivity index (χ4v) is 6.66. The zero-order valence-corrected chi connectivity index (χ0v) is 14.7. The van der Waals surface area contributed by atoms with Crippen LogP contribution in [0.4, 0.5) is 0 Å². The summed E-state index contributed by atoms with van der Waals surface area (Å²) in [7, 11) is -3.26. The molecule has 120 valence electrons. The molecule has 2 nitrogen and oxygen atoms in total. The van der Waals surface area contributed by atoms with E-state index in [2.05, 4.69) is 13.8 Å². The van der Waals surface area contributed by atoms with Crippen molar-refractivity contribution in [2.75, 3.05) is 0 Å². The number of hydrogen-bond acceptors (Lipinski definition) is 2. The molecule has 0 heterocycles. The summed E-state index contributed by atoms with van der Waals surface area (Å²) in [6.07, 6.45) is 6.15. The predicted octanol–water partition coefficient (Wildman–Crippen LogP) is 4.83. The van der Waals surface area contributed by atoms with Gasteiger partial charge in [-0.25, -0.2) is 8.42 Å². The molecule has 2 aliphatic carbocycles. The molecule has 1 saturated carbocycles. The molecule has 0 bridgehead atoms. The average molecular weight is 318 g/mol. The highest BCUT2D eigenvalue weighted by atomic mass is 32.2. The van der Waals surface area contributed by atoms with Crippen LogP contribution in [0, 0.1) is 12.3 Å². The average Bonchev–Trinajstić information content (AvgIpc) is 2.92. The Bertz CT molecular complexity index is 689. The molecule has 1 aromatic carbocycles. The summed E-state index contributed by atoms with van der Waals surface area (Å²) < 4.78 is 26.6. The second kappa shape index (κ2) is 5.52. The fourth-order valence-electron chi connectivity index (χ4n) is 4.37. The van der Waals surface area contributed by atoms with Crippen LogP contribution in [0.25, 0.3) is 0 Å². The molecule has 0 aromatic heterocycles. The molecule has 0 N–H and O–H groups in total. The van der Waals surface area contributed by atoms with Gasteiger partial charge in [0, 0.05) is 0 Å². The zero-order valence-electron chi connectivity index (χ0n) is 13.9. The van der Waals surface area contributed by atoms with E-state index in [9.17, 15) is 8.42 Å². The maximum absolute atomic E-state index is 13.3. The fraction of sp³-hybridized carbons (Fsp3) is 0.579. The molecular weight excluding hydrogens is 292 g/mol. The van der Waals surface area contributed by atoms with Crippen LogP contribution in [0.3, 0.4) is 0 Å². The number of sulfone groups is 1. The normalized spacial score (nSPS) is 25.0. The van der Waals surface area contributed by atoms with E-state index in [0.29, 0.717) is 11.3 Å². The van der Waals surface area contributed by atoms with Crippen LogP contribution >= 0.6 is 0 Å². The van der Waals surface area contributed by atoms with Crippen LogP contribution in [0.15, 0.2) is 40.3 Å².